The van der Waals surface area contributed by atoms with Gasteiger partial charge in [-0.1, -0.05) is 23.5 Å². The summed E-state index contributed by atoms with van der Waals surface area (Å²) in [6.07, 6.45) is -0.466. The molecule has 2 aromatic carbocycles. The van der Waals surface area contributed by atoms with Crippen molar-refractivity contribution in [1.82, 2.24) is 9.88 Å². The summed E-state index contributed by atoms with van der Waals surface area (Å²) in [6.45, 7) is 11.2. The molecule has 0 aliphatic carbocycles. The number of ether oxygens (including phenoxy) is 3. The summed E-state index contributed by atoms with van der Waals surface area (Å²) < 4.78 is 17.7. The maximum absolute atomic E-state index is 12.0. The molecule has 1 aliphatic rings. The van der Waals surface area contributed by atoms with Crippen LogP contribution in [0, 0.1) is 0 Å². The lowest BCUT2D eigenvalue weighted by Gasteiger charge is -2.26. The number of aromatic nitrogens is 1. The Bertz CT molecular complexity index is 1110. The van der Waals surface area contributed by atoms with E-state index in [-0.39, 0.29) is 0 Å². The number of hydrogen-bond acceptors (Lipinski definition) is 8. The van der Waals surface area contributed by atoms with Gasteiger partial charge in [0.2, 0.25) is 0 Å². The number of fused-ring (bicyclic) bond motifs is 1. The summed E-state index contributed by atoms with van der Waals surface area (Å²) in [6, 6.07) is 13.7. The maximum atomic E-state index is 12.0. The van der Waals surface area contributed by atoms with Crippen molar-refractivity contribution in [3.05, 3.63) is 48.0 Å². The van der Waals surface area contributed by atoms with Crippen LogP contribution in [-0.2, 0) is 16.0 Å². The van der Waals surface area contributed by atoms with Gasteiger partial charge < -0.3 is 19.5 Å². The van der Waals surface area contributed by atoms with Gasteiger partial charge in [0.05, 0.1) is 23.4 Å². The number of hydrogen-bond donors (Lipinski definition) is 2. The average molecular weight is 485 g/mol. The molecule has 2 heterocycles. The van der Waals surface area contributed by atoms with Crippen LogP contribution < -0.4 is 15.4 Å². The lowest BCUT2D eigenvalue weighted by molar-refractivity contribution is 0.0322. The van der Waals surface area contributed by atoms with E-state index in [0.29, 0.717) is 18.8 Å². The molecule has 0 unspecified atom stereocenters. The molecule has 34 heavy (non-hydrogen) atoms. The van der Waals surface area contributed by atoms with Crippen LogP contribution in [-0.4, -0.2) is 61.0 Å². The van der Waals surface area contributed by atoms with E-state index < -0.39 is 11.7 Å². The molecule has 3 aromatic rings. The van der Waals surface area contributed by atoms with Gasteiger partial charge in [0.15, 0.2) is 5.13 Å². The molecule has 1 aromatic heterocycles. The first kappa shape index (κ1) is 24.3. The van der Waals surface area contributed by atoms with Gasteiger partial charge in [-0.3, -0.25) is 10.2 Å². The maximum Gasteiger partial charge on any atom is 0.412 e. The number of nitrogens with zero attached hydrogens (tertiary/aromatic N) is 2. The largest absolute Gasteiger partial charge is 0.492 e. The first-order valence-corrected chi connectivity index (χ1v) is 12.3. The summed E-state index contributed by atoms with van der Waals surface area (Å²) in [5.41, 5.74) is 2.12. The molecule has 0 saturated carbocycles. The SMILES string of the molecule is CC(C)(C)OC(=O)Nc1cccc(CNc2nc3ccc(OCCN4CCOCC4)cc3s2)c1. The molecule has 2 N–H and O–H groups in total. The van der Waals surface area contributed by atoms with Gasteiger partial charge in [-0.2, -0.15) is 0 Å². The van der Waals surface area contributed by atoms with Crippen molar-refractivity contribution in [1.29, 1.82) is 0 Å². The van der Waals surface area contributed by atoms with E-state index in [1.165, 1.54) is 0 Å². The van der Waals surface area contributed by atoms with Crippen molar-refractivity contribution in [2.45, 2.75) is 32.9 Å². The number of carbonyl (C=O) groups is 1. The van der Waals surface area contributed by atoms with Crippen LogP contribution in [0.4, 0.5) is 15.6 Å². The Hall–Kier alpha value is -2.88. The van der Waals surface area contributed by atoms with E-state index in [1.807, 2.05) is 63.2 Å². The Labute approximate surface area is 204 Å². The van der Waals surface area contributed by atoms with Crippen LogP contribution in [0.1, 0.15) is 26.3 Å². The standard InChI is InChI=1S/C25H32N4O4S/c1-25(2,3)33-24(30)27-19-6-4-5-18(15-19)17-26-23-28-21-8-7-20(16-22(21)34-23)32-14-11-29-9-12-31-13-10-29/h4-8,15-16H,9-14,17H2,1-3H3,(H,26,28)(H,27,30). The fourth-order valence-electron chi connectivity index (χ4n) is 3.55. The zero-order chi connectivity index (χ0) is 24.0. The number of anilines is 2. The highest BCUT2D eigenvalue weighted by Gasteiger charge is 2.16. The molecule has 0 spiro atoms. The Morgan fingerprint density at radius 2 is 2.00 bits per heavy atom. The highest BCUT2D eigenvalue weighted by atomic mass is 32.1. The van der Waals surface area contributed by atoms with Crippen LogP contribution >= 0.6 is 11.3 Å². The van der Waals surface area contributed by atoms with E-state index >= 15 is 0 Å². The monoisotopic (exact) mass is 484 g/mol. The lowest BCUT2D eigenvalue weighted by atomic mass is 10.2. The Balaban J connectivity index is 1.30. The first-order valence-electron chi connectivity index (χ1n) is 11.5. The minimum absolute atomic E-state index is 0.466. The molecule has 0 bridgehead atoms. The summed E-state index contributed by atoms with van der Waals surface area (Å²) in [4.78, 5) is 19.0. The van der Waals surface area contributed by atoms with Gasteiger partial charge in [0, 0.05) is 31.9 Å². The molecule has 1 aliphatic heterocycles. The van der Waals surface area contributed by atoms with E-state index in [9.17, 15) is 4.79 Å². The molecule has 1 amide bonds. The van der Waals surface area contributed by atoms with E-state index in [1.54, 1.807) is 11.3 Å². The Morgan fingerprint density at radius 1 is 1.18 bits per heavy atom. The highest BCUT2D eigenvalue weighted by Crippen LogP contribution is 2.29. The van der Waals surface area contributed by atoms with E-state index in [2.05, 4.69) is 20.5 Å². The average Bonchev–Trinajstić information content (AvgIpc) is 3.20. The van der Waals surface area contributed by atoms with Crippen LogP contribution in [0.3, 0.4) is 0 Å². The molecule has 8 nitrogen and oxygen atoms in total. The predicted octanol–water partition coefficient (Wildman–Crippen LogP) is 4.97. The summed E-state index contributed by atoms with van der Waals surface area (Å²) >= 11 is 1.59. The summed E-state index contributed by atoms with van der Waals surface area (Å²) in [5, 5.41) is 7.00. The van der Waals surface area contributed by atoms with Crippen molar-refractivity contribution >= 4 is 38.5 Å². The summed E-state index contributed by atoms with van der Waals surface area (Å²) in [7, 11) is 0. The fourth-order valence-corrected chi connectivity index (χ4v) is 4.44. The number of thiazole rings is 1. The molecule has 4 rings (SSSR count). The second-order valence-corrected chi connectivity index (χ2v) is 10.2. The lowest BCUT2D eigenvalue weighted by Crippen LogP contribution is -2.38. The number of benzene rings is 2. The molecule has 0 atom stereocenters. The van der Waals surface area contributed by atoms with Crippen molar-refractivity contribution in [2.24, 2.45) is 0 Å². The van der Waals surface area contributed by atoms with Crippen LogP contribution in [0.2, 0.25) is 0 Å². The zero-order valence-corrected chi connectivity index (χ0v) is 20.7. The van der Waals surface area contributed by atoms with E-state index in [0.717, 1.165) is 59.5 Å². The Kier molecular flexibility index (Phi) is 7.87. The second-order valence-electron chi connectivity index (χ2n) is 9.13. The number of morpholine rings is 1. The third kappa shape index (κ3) is 7.31. The second kappa shape index (κ2) is 11.0. The molecular weight excluding hydrogens is 452 g/mol. The predicted molar refractivity (Wildman–Crippen MR) is 136 cm³/mol. The quantitative estimate of drug-likeness (QED) is 0.467. The topological polar surface area (TPSA) is 85.0 Å². The van der Waals surface area contributed by atoms with Crippen LogP contribution in [0.25, 0.3) is 10.2 Å². The van der Waals surface area contributed by atoms with Crippen LogP contribution in [0.15, 0.2) is 42.5 Å². The smallest absolute Gasteiger partial charge is 0.412 e. The van der Waals surface area contributed by atoms with Crippen molar-refractivity contribution < 1.29 is 19.0 Å². The first-order chi connectivity index (χ1) is 16.3. The number of rotatable bonds is 8. The van der Waals surface area contributed by atoms with Gasteiger partial charge >= 0.3 is 6.09 Å². The normalized spacial score (nSPS) is 14.7. The molecular formula is C25H32N4O4S. The number of carbonyl (C=O) groups excluding carboxylic acids is 1. The third-order valence-electron chi connectivity index (χ3n) is 5.16. The van der Waals surface area contributed by atoms with Gasteiger partial charge in [-0.25, -0.2) is 9.78 Å². The van der Waals surface area contributed by atoms with Gasteiger partial charge in [0.1, 0.15) is 18.0 Å². The van der Waals surface area contributed by atoms with Crippen molar-refractivity contribution in [2.75, 3.05) is 50.1 Å². The van der Waals surface area contributed by atoms with Crippen molar-refractivity contribution in [3.63, 3.8) is 0 Å². The molecule has 0 radical (unpaired) electrons. The molecule has 182 valence electrons. The van der Waals surface area contributed by atoms with Gasteiger partial charge in [0.25, 0.3) is 0 Å². The minimum atomic E-state index is -0.538. The number of amides is 1. The summed E-state index contributed by atoms with van der Waals surface area (Å²) in [5.74, 6) is 0.858. The highest BCUT2D eigenvalue weighted by molar-refractivity contribution is 7.22. The minimum Gasteiger partial charge on any atom is -0.492 e. The number of nitrogens with one attached hydrogen (secondary N) is 2. The van der Waals surface area contributed by atoms with Crippen LogP contribution in [0.5, 0.6) is 5.75 Å². The van der Waals surface area contributed by atoms with Gasteiger partial charge in [-0.15, -0.1) is 0 Å². The third-order valence-corrected chi connectivity index (χ3v) is 6.13. The van der Waals surface area contributed by atoms with Crippen molar-refractivity contribution in [3.8, 4) is 5.75 Å². The zero-order valence-electron chi connectivity index (χ0n) is 19.9. The Morgan fingerprint density at radius 3 is 2.79 bits per heavy atom. The van der Waals surface area contributed by atoms with Gasteiger partial charge in [-0.05, 0) is 56.7 Å². The molecule has 9 heteroatoms. The van der Waals surface area contributed by atoms with E-state index in [4.69, 9.17) is 14.2 Å². The molecule has 1 saturated heterocycles. The molecule has 1 fully saturated rings. The fraction of sp³-hybridized carbons (Fsp3) is 0.440.